The average molecular weight is 564 g/mol. The fourth-order valence-corrected chi connectivity index (χ4v) is 5.14. The first-order valence-corrected chi connectivity index (χ1v) is 14.3. The van der Waals surface area contributed by atoms with Gasteiger partial charge in [-0.15, -0.1) is 6.58 Å². The van der Waals surface area contributed by atoms with E-state index >= 15 is 0 Å². The maximum absolute atomic E-state index is 12.9. The number of amides is 1. The van der Waals surface area contributed by atoms with Crippen LogP contribution in [0.2, 0.25) is 0 Å². The number of nitro benzene ring substituents is 1. The third-order valence-electron chi connectivity index (χ3n) is 7.72. The Morgan fingerprint density at radius 1 is 1.10 bits per heavy atom. The SMILES string of the molecule is C=COc1cc(NC2CCN(C(=O)CCN3CCN(c4ccc(OCC(C)C=C)cc4)CC3)CC2)ccc1[N+](=O)[O-]. The maximum atomic E-state index is 12.9. The Morgan fingerprint density at radius 2 is 1.80 bits per heavy atom. The minimum atomic E-state index is -0.478. The van der Waals surface area contributed by atoms with Gasteiger partial charge < -0.3 is 24.6 Å². The number of likely N-dealkylation sites (tertiary alicyclic amines) is 1. The zero-order valence-corrected chi connectivity index (χ0v) is 23.9. The van der Waals surface area contributed by atoms with Gasteiger partial charge in [-0.3, -0.25) is 19.8 Å². The molecule has 10 heteroatoms. The number of anilines is 2. The van der Waals surface area contributed by atoms with E-state index in [1.165, 1.54) is 18.0 Å². The molecule has 0 bridgehead atoms. The first-order chi connectivity index (χ1) is 19.9. The third-order valence-corrected chi connectivity index (χ3v) is 7.72. The lowest BCUT2D eigenvalue weighted by Crippen LogP contribution is -2.48. The second-order valence-corrected chi connectivity index (χ2v) is 10.6. The molecule has 220 valence electrons. The molecule has 0 aliphatic carbocycles. The summed E-state index contributed by atoms with van der Waals surface area (Å²) in [5, 5.41) is 14.6. The molecule has 1 unspecified atom stereocenters. The molecule has 2 fully saturated rings. The quantitative estimate of drug-likeness (QED) is 0.158. The summed E-state index contributed by atoms with van der Waals surface area (Å²) in [4.78, 5) is 30.3. The number of ether oxygens (including phenoxy) is 2. The Hall–Kier alpha value is -4.05. The number of benzene rings is 2. The Labute approximate surface area is 242 Å². The van der Waals surface area contributed by atoms with E-state index in [9.17, 15) is 14.9 Å². The summed E-state index contributed by atoms with van der Waals surface area (Å²) in [6.45, 7) is 15.9. The summed E-state index contributed by atoms with van der Waals surface area (Å²) in [5.41, 5.74) is 1.84. The molecule has 0 aromatic heterocycles. The molecule has 2 saturated heterocycles. The van der Waals surface area contributed by atoms with Gasteiger partial charge in [-0.1, -0.05) is 19.6 Å². The third kappa shape index (κ3) is 8.47. The van der Waals surface area contributed by atoms with Crippen molar-refractivity contribution >= 4 is 23.0 Å². The monoisotopic (exact) mass is 563 g/mol. The van der Waals surface area contributed by atoms with Crippen LogP contribution in [-0.4, -0.2) is 79.1 Å². The van der Waals surface area contributed by atoms with Gasteiger partial charge in [-0.2, -0.15) is 0 Å². The molecule has 2 aromatic carbocycles. The van der Waals surface area contributed by atoms with E-state index in [-0.39, 0.29) is 23.4 Å². The van der Waals surface area contributed by atoms with Crippen molar-refractivity contribution < 1.29 is 19.2 Å². The number of hydrogen-bond acceptors (Lipinski definition) is 8. The largest absolute Gasteiger partial charge is 0.493 e. The van der Waals surface area contributed by atoms with Crippen molar-refractivity contribution in [3.05, 3.63) is 78.1 Å². The van der Waals surface area contributed by atoms with Crippen molar-refractivity contribution in [2.45, 2.75) is 32.2 Å². The molecule has 0 radical (unpaired) electrons. The van der Waals surface area contributed by atoms with E-state index < -0.39 is 4.92 Å². The van der Waals surface area contributed by atoms with Gasteiger partial charge in [0.05, 0.1) is 17.8 Å². The van der Waals surface area contributed by atoms with Gasteiger partial charge in [0.2, 0.25) is 11.7 Å². The van der Waals surface area contributed by atoms with Crippen LogP contribution in [-0.2, 0) is 4.79 Å². The topological polar surface area (TPSA) is 100 Å². The summed E-state index contributed by atoms with van der Waals surface area (Å²) in [5.74, 6) is 1.54. The molecule has 2 heterocycles. The van der Waals surface area contributed by atoms with Crippen LogP contribution in [0.5, 0.6) is 11.5 Å². The highest BCUT2D eigenvalue weighted by molar-refractivity contribution is 5.76. The normalized spacial score (nSPS) is 17.0. The number of carbonyl (C=O) groups excluding carboxylic acids is 1. The predicted molar refractivity (Wildman–Crippen MR) is 162 cm³/mol. The molecule has 2 aliphatic rings. The van der Waals surface area contributed by atoms with Crippen molar-refractivity contribution in [2.75, 3.05) is 62.6 Å². The number of piperidine rings is 1. The van der Waals surface area contributed by atoms with Crippen LogP contribution in [0.3, 0.4) is 0 Å². The van der Waals surface area contributed by atoms with Crippen LogP contribution in [0.15, 0.2) is 68.0 Å². The van der Waals surface area contributed by atoms with Crippen molar-refractivity contribution in [2.24, 2.45) is 5.92 Å². The van der Waals surface area contributed by atoms with E-state index in [1.54, 1.807) is 12.1 Å². The van der Waals surface area contributed by atoms with Crippen LogP contribution in [0.25, 0.3) is 0 Å². The van der Waals surface area contributed by atoms with Crippen LogP contribution in [0.4, 0.5) is 17.1 Å². The number of carbonyl (C=O) groups is 1. The smallest absolute Gasteiger partial charge is 0.311 e. The number of nitrogens with one attached hydrogen (secondary N) is 1. The van der Waals surface area contributed by atoms with E-state index in [4.69, 9.17) is 9.47 Å². The number of nitro groups is 1. The number of hydrogen-bond donors (Lipinski definition) is 1. The molecular weight excluding hydrogens is 522 g/mol. The fraction of sp³-hybridized carbons (Fsp3) is 0.452. The van der Waals surface area contributed by atoms with Crippen LogP contribution >= 0.6 is 0 Å². The first kappa shape index (κ1) is 29.9. The standard InChI is InChI=1S/C31H41N5O5/c1-4-24(3)23-41-28-9-7-27(8-10-28)34-20-18-33(19-21-34)15-14-31(37)35-16-12-25(13-17-35)32-26-6-11-29(36(38)39)30(22-26)40-5-2/h4-11,22,24-25,32H,1-2,12-21,23H2,3H3. The van der Waals surface area contributed by atoms with Gasteiger partial charge in [0.25, 0.3) is 0 Å². The lowest BCUT2D eigenvalue weighted by molar-refractivity contribution is -0.385. The average Bonchev–Trinajstić information content (AvgIpc) is 2.99. The summed E-state index contributed by atoms with van der Waals surface area (Å²) in [6, 6.07) is 13.2. The predicted octanol–water partition coefficient (Wildman–Crippen LogP) is 4.93. The Kier molecular flexibility index (Phi) is 10.6. The number of rotatable bonds is 13. The zero-order chi connectivity index (χ0) is 29.2. The minimum absolute atomic E-state index is 0.105. The van der Waals surface area contributed by atoms with Crippen molar-refractivity contribution in [3.8, 4) is 11.5 Å². The molecule has 2 aromatic rings. The van der Waals surface area contributed by atoms with Gasteiger partial charge in [0.15, 0.2) is 0 Å². The van der Waals surface area contributed by atoms with E-state index in [0.717, 1.165) is 57.0 Å². The second kappa shape index (κ2) is 14.5. The van der Waals surface area contributed by atoms with Crippen molar-refractivity contribution in [3.63, 3.8) is 0 Å². The van der Waals surface area contributed by atoms with Crippen molar-refractivity contribution in [1.29, 1.82) is 0 Å². The van der Waals surface area contributed by atoms with Crippen LogP contribution in [0.1, 0.15) is 26.2 Å². The molecule has 10 nitrogen and oxygen atoms in total. The molecule has 1 atom stereocenters. The van der Waals surface area contributed by atoms with E-state index in [0.29, 0.717) is 32.0 Å². The lowest BCUT2D eigenvalue weighted by Gasteiger charge is -2.37. The van der Waals surface area contributed by atoms with Gasteiger partial charge in [0, 0.05) is 87.7 Å². The first-order valence-electron chi connectivity index (χ1n) is 14.3. The highest BCUT2D eigenvalue weighted by Gasteiger charge is 2.25. The van der Waals surface area contributed by atoms with Gasteiger partial charge in [0.1, 0.15) is 5.75 Å². The maximum Gasteiger partial charge on any atom is 0.311 e. The van der Waals surface area contributed by atoms with Crippen LogP contribution < -0.4 is 19.7 Å². The van der Waals surface area contributed by atoms with Gasteiger partial charge in [-0.25, -0.2) is 0 Å². The summed E-state index contributed by atoms with van der Waals surface area (Å²) < 4.78 is 11.0. The van der Waals surface area contributed by atoms with Gasteiger partial charge >= 0.3 is 5.69 Å². The van der Waals surface area contributed by atoms with Gasteiger partial charge in [-0.05, 0) is 43.2 Å². The molecule has 4 rings (SSSR count). The summed E-state index contributed by atoms with van der Waals surface area (Å²) in [7, 11) is 0. The minimum Gasteiger partial charge on any atom is -0.493 e. The Bertz CT molecular complexity index is 1190. The Morgan fingerprint density at radius 3 is 2.44 bits per heavy atom. The van der Waals surface area contributed by atoms with E-state index in [2.05, 4.69) is 47.3 Å². The molecule has 1 N–H and O–H groups in total. The summed E-state index contributed by atoms with van der Waals surface area (Å²) >= 11 is 0. The summed E-state index contributed by atoms with van der Waals surface area (Å²) in [6.07, 6.45) is 5.23. The zero-order valence-electron chi connectivity index (χ0n) is 23.9. The molecular formula is C31H41N5O5. The molecule has 1 amide bonds. The molecule has 0 spiro atoms. The molecule has 0 saturated carbocycles. The molecule has 41 heavy (non-hydrogen) atoms. The highest BCUT2D eigenvalue weighted by atomic mass is 16.6. The fourth-order valence-electron chi connectivity index (χ4n) is 5.14. The van der Waals surface area contributed by atoms with E-state index in [1.807, 2.05) is 23.1 Å². The molecule has 2 aliphatic heterocycles. The van der Waals surface area contributed by atoms with Crippen LogP contribution in [0, 0.1) is 16.0 Å². The lowest BCUT2D eigenvalue weighted by atomic mass is 10.0. The Balaban J connectivity index is 1.15. The van der Waals surface area contributed by atoms with Crippen molar-refractivity contribution in [1.82, 2.24) is 9.80 Å². The number of nitrogens with zero attached hydrogens (tertiary/aromatic N) is 4. The highest BCUT2D eigenvalue weighted by Crippen LogP contribution is 2.31. The second-order valence-electron chi connectivity index (χ2n) is 10.6. The number of piperazine rings is 1.